The van der Waals surface area contributed by atoms with E-state index in [1.807, 2.05) is 0 Å². The molecule has 8 heteroatoms. The first-order valence-electron chi connectivity index (χ1n) is 7.74. The summed E-state index contributed by atoms with van der Waals surface area (Å²) in [6, 6.07) is 10.9. The molecule has 1 heterocycles. The molecule has 1 aliphatic heterocycles. The molecule has 0 saturated carbocycles. The summed E-state index contributed by atoms with van der Waals surface area (Å²) in [5.41, 5.74) is 1.31. The first kappa shape index (κ1) is 17.8. The molecule has 3 rings (SSSR count). The third kappa shape index (κ3) is 3.48. The summed E-state index contributed by atoms with van der Waals surface area (Å²) < 4.78 is 0. The molecule has 2 N–H and O–H groups in total. The van der Waals surface area contributed by atoms with Gasteiger partial charge >= 0.3 is 5.97 Å². The highest BCUT2D eigenvalue weighted by atomic mass is 35.5. The number of para-hydroxylation sites is 1. The Balaban J connectivity index is 2.02. The maximum Gasteiger partial charge on any atom is 0.323 e. The number of anilines is 1. The monoisotopic (exact) mass is 374 g/mol. The number of amides is 2. The molecule has 0 atom stereocenters. The Bertz CT molecular complexity index is 899. The zero-order valence-electron chi connectivity index (χ0n) is 13.6. The van der Waals surface area contributed by atoms with Crippen molar-refractivity contribution in [1.29, 1.82) is 0 Å². The lowest BCUT2D eigenvalue weighted by Gasteiger charge is -2.22. The van der Waals surface area contributed by atoms with E-state index in [9.17, 15) is 19.5 Å². The van der Waals surface area contributed by atoms with Crippen molar-refractivity contribution in [2.45, 2.75) is 6.54 Å². The fraction of sp³-hybridized carbons (Fsp3) is 0.167. The van der Waals surface area contributed by atoms with Gasteiger partial charge in [-0.1, -0.05) is 29.8 Å². The Morgan fingerprint density at radius 1 is 1.12 bits per heavy atom. The molecule has 0 spiro atoms. The molecule has 134 valence electrons. The van der Waals surface area contributed by atoms with Gasteiger partial charge in [0, 0.05) is 12.2 Å². The van der Waals surface area contributed by atoms with Crippen LogP contribution in [0.1, 0.15) is 15.9 Å². The first-order valence-corrected chi connectivity index (χ1v) is 8.12. The van der Waals surface area contributed by atoms with E-state index in [2.05, 4.69) is 0 Å². The maximum absolute atomic E-state index is 13.0. The van der Waals surface area contributed by atoms with Gasteiger partial charge in [0.05, 0.1) is 10.6 Å². The number of nitrogens with zero attached hydrogens (tertiary/aromatic N) is 2. The van der Waals surface area contributed by atoms with E-state index in [0.717, 1.165) is 0 Å². The number of carbonyl (C=O) groups excluding carboxylic acids is 2. The molecule has 0 aliphatic carbocycles. The van der Waals surface area contributed by atoms with Gasteiger partial charge in [-0.3, -0.25) is 19.3 Å². The lowest BCUT2D eigenvalue weighted by Crippen LogP contribution is -2.42. The van der Waals surface area contributed by atoms with E-state index >= 15 is 0 Å². The van der Waals surface area contributed by atoms with Crippen molar-refractivity contribution in [1.82, 2.24) is 4.90 Å². The third-order valence-electron chi connectivity index (χ3n) is 4.04. The van der Waals surface area contributed by atoms with Gasteiger partial charge in [0.1, 0.15) is 18.8 Å². The van der Waals surface area contributed by atoms with Crippen LogP contribution in [-0.4, -0.2) is 46.0 Å². The quantitative estimate of drug-likeness (QED) is 0.857. The van der Waals surface area contributed by atoms with E-state index in [1.165, 1.54) is 28.0 Å². The molecule has 2 aromatic carbocycles. The molecule has 26 heavy (non-hydrogen) atoms. The second-order valence-electron chi connectivity index (χ2n) is 5.83. The molecule has 0 saturated heterocycles. The van der Waals surface area contributed by atoms with Crippen molar-refractivity contribution in [3.8, 4) is 5.75 Å². The number of carboxylic acid groups (broad SMARTS) is 1. The largest absolute Gasteiger partial charge is 0.508 e. The van der Waals surface area contributed by atoms with Gasteiger partial charge in [-0.05, 0) is 29.8 Å². The Morgan fingerprint density at radius 3 is 2.54 bits per heavy atom. The average Bonchev–Trinajstić information content (AvgIpc) is 2.71. The van der Waals surface area contributed by atoms with Crippen LogP contribution < -0.4 is 4.90 Å². The van der Waals surface area contributed by atoms with Crippen molar-refractivity contribution >= 4 is 35.1 Å². The van der Waals surface area contributed by atoms with Crippen LogP contribution in [0.15, 0.2) is 42.5 Å². The van der Waals surface area contributed by atoms with Crippen molar-refractivity contribution in [2.24, 2.45) is 0 Å². The maximum atomic E-state index is 13.0. The van der Waals surface area contributed by atoms with E-state index < -0.39 is 24.3 Å². The molecule has 0 aromatic heterocycles. The second-order valence-corrected chi connectivity index (χ2v) is 6.23. The number of halogens is 1. The number of carboxylic acids is 1. The lowest BCUT2D eigenvalue weighted by atomic mass is 10.1. The van der Waals surface area contributed by atoms with Gasteiger partial charge in [-0.2, -0.15) is 0 Å². The number of hydrogen-bond donors (Lipinski definition) is 2. The topological polar surface area (TPSA) is 98.2 Å². The Labute approximate surface area is 154 Å². The molecule has 0 unspecified atom stereocenters. The first-order chi connectivity index (χ1) is 12.4. The van der Waals surface area contributed by atoms with Gasteiger partial charge in [-0.15, -0.1) is 0 Å². The smallest absolute Gasteiger partial charge is 0.323 e. The highest BCUT2D eigenvalue weighted by Gasteiger charge is 2.31. The SMILES string of the molecule is O=C(O)CN1Cc2ccccc2N(C(=O)c2ccc(O)cc2Cl)CC1=O. The van der Waals surface area contributed by atoms with Crippen molar-refractivity contribution in [3.63, 3.8) is 0 Å². The molecule has 0 radical (unpaired) electrons. The summed E-state index contributed by atoms with van der Waals surface area (Å²) in [6.45, 7) is -0.663. The zero-order chi connectivity index (χ0) is 18.8. The number of aromatic hydroxyl groups is 1. The van der Waals surface area contributed by atoms with E-state index in [0.29, 0.717) is 11.3 Å². The predicted octanol–water partition coefficient (Wildman–Crippen LogP) is 2.12. The molecule has 0 fully saturated rings. The number of aliphatic carboxylic acids is 1. The van der Waals surface area contributed by atoms with Crippen molar-refractivity contribution in [3.05, 3.63) is 58.6 Å². The minimum absolute atomic E-state index is 0.0616. The zero-order valence-corrected chi connectivity index (χ0v) is 14.3. The molecule has 7 nitrogen and oxygen atoms in total. The van der Waals surface area contributed by atoms with Crippen LogP contribution in [0.5, 0.6) is 5.75 Å². The summed E-state index contributed by atoms with van der Waals surface area (Å²) in [7, 11) is 0. The van der Waals surface area contributed by atoms with Crippen LogP contribution in [0, 0.1) is 0 Å². The van der Waals surface area contributed by atoms with Crippen LogP contribution in [0.2, 0.25) is 5.02 Å². The minimum atomic E-state index is -1.13. The number of benzene rings is 2. The molecular formula is C18H15ClN2O5. The molecule has 0 bridgehead atoms. The van der Waals surface area contributed by atoms with Crippen LogP contribution >= 0.6 is 11.6 Å². The third-order valence-corrected chi connectivity index (χ3v) is 4.36. The van der Waals surface area contributed by atoms with Gasteiger partial charge in [0.15, 0.2) is 0 Å². The lowest BCUT2D eigenvalue weighted by molar-refractivity contribution is -0.144. The van der Waals surface area contributed by atoms with E-state index in [4.69, 9.17) is 16.7 Å². The fourth-order valence-electron chi connectivity index (χ4n) is 2.83. The van der Waals surface area contributed by atoms with Gasteiger partial charge in [0.25, 0.3) is 5.91 Å². The molecular weight excluding hydrogens is 360 g/mol. The van der Waals surface area contributed by atoms with Crippen LogP contribution in [0.3, 0.4) is 0 Å². The van der Waals surface area contributed by atoms with E-state index in [1.54, 1.807) is 24.3 Å². The minimum Gasteiger partial charge on any atom is -0.508 e. The molecule has 1 aliphatic rings. The van der Waals surface area contributed by atoms with Crippen molar-refractivity contribution < 1.29 is 24.6 Å². The Hall–Kier alpha value is -3.06. The number of carbonyl (C=O) groups is 3. The van der Waals surface area contributed by atoms with Crippen LogP contribution in [0.25, 0.3) is 0 Å². The van der Waals surface area contributed by atoms with E-state index in [-0.39, 0.29) is 29.4 Å². The number of rotatable bonds is 3. The fourth-order valence-corrected chi connectivity index (χ4v) is 3.09. The van der Waals surface area contributed by atoms with Crippen LogP contribution in [0.4, 0.5) is 5.69 Å². The summed E-state index contributed by atoms with van der Waals surface area (Å²) in [5.74, 6) is -2.19. The standard InChI is InChI=1S/C18H15ClN2O5/c19-14-7-12(22)5-6-13(14)18(26)21-9-16(23)20(10-17(24)25)8-11-3-1-2-4-15(11)21/h1-7,22H,8-10H2,(H,24,25). The molecule has 2 aromatic rings. The summed E-state index contributed by atoms with van der Waals surface area (Å²) >= 11 is 6.06. The highest BCUT2D eigenvalue weighted by molar-refractivity contribution is 6.34. The Morgan fingerprint density at radius 2 is 1.85 bits per heavy atom. The van der Waals surface area contributed by atoms with Gasteiger partial charge in [-0.25, -0.2) is 0 Å². The normalized spacial score (nSPS) is 14.0. The number of hydrogen-bond acceptors (Lipinski definition) is 4. The number of fused-ring (bicyclic) bond motifs is 1. The Kier molecular flexibility index (Phi) is 4.81. The second kappa shape index (κ2) is 7.05. The summed E-state index contributed by atoms with van der Waals surface area (Å²) in [5, 5.41) is 18.6. The van der Waals surface area contributed by atoms with Gasteiger partial charge in [0.2, 0.25) is 5.91 Å². The van der Waals surface area contributed by atoms with Gasteiger partial charge < -0.3 is 15.1 Å². The number of phenolic OH excluding ortho intramolecular Hbond substituents is 1. The summed E-state index contributed by atoms with van der Waals surface area (Å²) in [4.78, 5) is 39.0. The average molecular weight is 375 g/mol. The summed E-state index contributed by atoms with van der Waals surface area (Å²) in [6.07, 6.45) is 0. The number of phenols is 1. The predicted molar refractivity (Wildman–Crippen MR) is 94.3 cm³/mol. The molecule has 2 amide bonds. The highest BCUT2D eigenvalue weighted by Crippen LogP contribution is 2.29. The van der Waals surface area contributed by atoms with Crippen LogP contribution in [-0.2, 0) is 16.1 Å². The van der Waals surface area contributed by atoms with Crippen molar-refractivity contribution in [2.75, 3.05) is 18.0 Å².